The third-order valence-corrected chi connectivity index (χ3v) is 1.29. The van der Waals surface area contributed by atoms with Crippen LogP contribution in [-0.4, -0.2) is 10.9 Å². The van der Waals surface area contributed by atoms with Crippen molar-refractivity contribution in [2.24, 2.45) is 0 Å². The molecule has 0 N–H and O–H groups in total. The first kappa shape index (κ1) is 8.19. The van der Waals surface area contributed by atoms with E-state index >= 15 is 0 Å². The van der Waals surface area contributed by atoms with Crippen molar-refractivity contribution in [2.45, 2.75) is 0 Å². The van der Waals surface area contributed by atoms with Crippen molar-refractivity contribution in [2.75, 3.05) is 0 Å². The number of hydrogen-bond acceptors (Lipinski definition) is 3. The van der Waals surface area contributed by atoms with Crippen LogP contribution in [0.5, 0.6) is 0 Å². The summed E-state index contributed by atoms with van der Waals surface area (Å²) in [5.74, 6) is -1.42. The van der Waals surface area contributed by atoms with Gasteiger partial charge in [-0.25, -0.2) is 9.90 Å². The van der Waals surface area contributed by atoms with Crippen LogP contribution in [0.15, 0.2) is 24.3 Å². The van der Waals surface area contributed by atoms with Crippen LogP contribution in [0.1, 0.15) is 10.4 Å². The number of non-ortho nitro benzene ring substituents is 1. The quantitative estimate of drug-likeness (QED) is 0.488. The molecule has 0 saturated heterocycles. The van der Waals surface area contributed by atoms with Crippen LogP contribution in [-0.2, 0) is 5.11 Å². The Labute approximate surface area is 67.4 Å². The fourth-order valence-electron chi connectivity index (χ4n) is 0.746. The average Bonchev–Trinajstić information content (AvgIpc) is 2.04. The molecule has 5 heteroatoms. The van der Waals surface area contributed by atoms with Crippen molar-refractivity contribution in [3.05, 3.63) is 39.9 Å². The van der Waals surface area contributed by atoms with E-state index in [0.29, 0.717) is 0 Å². The summed E-state index contributed by atoms with van der Waals surface area (Å²) in [5.41, 5.74) is -0.444. The first-order chi connectivity index (χ1) is 5.61. The molecule has 5 nitrogen and oxygen atoms in total. The van der Waals surface area contributed by atoms with Gasteiger partial charge >= 0.3 is 5.97 Å². The summed E-state index contributed by atoms with van der Waals surface area (Å²) in [4.78, 5) is 19.7. The highest BCUT2D eigenvalue weighted by Gasteiger charge is 2.10. The number of carbonyl (C=O) groups is 1. The lowest BCUT2D eigenvalue weighted by Crippen LogP contribution is -1.95. The van der Waals surface area contributed by atoms with Gasteiger partial charge in [0.05, 0.1) is 10.5 Å². The minimum atomic E-state index is -1.42. The second kappa shape index (κ2) is 3.00. The van der Waals surface area contributed by atoms with Crippen molar-refractivity contribution in [1.29, 1.82) is 0 Å². The number of hydrogen-bond donors (Lipinski definition) is 0. The highest BCUT2D eigenvalue weighted by atomic mass is 16.6. The summed E-state index contributed by atoms with van der Waals surface area (Å²) in [6, 6.07) is 4.70. The van der Waals surface area contributed by atoms with Crippen molar-refractivity contribution >= 4 is 11.7 Å². The predicted octanol–water partition coefficient (Wildman–Crippen LogP) is 1.17. The lowest BCUT2D eigenvalue weighted by Gasteiger charge is -1.91. The molecule has 0 fully saturated rings. The fraction of sp³-hybridized carbons (Fsp3) is 0. The monoisotopic (exact) mass is 166 g/mol. The van der Waals surface area contributed by atoms with Crippen LogP contribution in [0, 0.1) is 10.1 Å². The van der Waals surface area contributed by atoms with E-state index in [2.05, 4.69) is 0 Å². The molecule has 0 bridgehead atoms. The van der Waals surface area contributed by atoms with E-state index < -0.39 is 10.9 Å². The Balaban J connectivity index is 3.12. The zero-order chi connectivity index (χ0) is 9.14. The Morgan fingerprint density at radius 3 is 2.58 bits per heavy atom. The Kier molecular flexibility index (Phi) is 2.05. The molecule has 0 aromatic heterocycles. The van der Waals surface area contributed by atoms with Crippen LogP contribution < -0.4 is 0 Å². The van der Waals surface area contributed by atoms with Gasteiger partial charge < -0.3 is 0 Å². The number of nitrogens with zero attached hydrogens (tertiary/aromatic N) is 1. The van der Waals surface area contributed by atoms with Gasteiger partial charge in [-0.1, -0.05) is 6.07 Å². The second-order valence-corrected chi connectivity index (χ2v) is 2.09. The molecule has 0 aliphatic rings. The third-order valence-electron chi connectivity index (χ3n) is 1.29. The maximum absolute atomic E-state index is 10.2. The number of rotatable bonds is 2. The molecule has 1 aromatic carbocycles. The maximum atomic E-state index is 10.2. The molecular formula is C7H4NO4. The third kappa shape index (κ3) is 1.57. The largest absolute Gasteiger partial charge is 0.386 e. The number of nitro benzene ring substituents is 1. The van der Waals surface area contributed by atoms with Gasteiger partial charge in [-0.05, 0) is 6.07 Å². The summed E-state index contributed by atoms with van der Waals surface area (Å²) in [7, 11) is 0. The van der Waals surface area contributed by atoms with Crippen LogP contribution in [0.2, 0.25) is 0 Å². The van der Waals surface area contributed by atoms with E-state index in [-0.39, 0.29) is 11.3 Å². The van der Waals surface area contributed by atoms with Crippen LogP contribution in [0.4, 0.5) is 5.69 Å². The van der Waals surface area contributed by atoms with Crippen LogP contribution in [0.25, 0.3) is 0 Å². The summed E-state index contributed by atoms with van der Waals surface area (Å²) >= 11 is 0. The Morgan fingerprint density at radius 1 is 1.42 bits per heavy atom. The average molecular weight is 166 g/mol. The lowest BCUT2D eigenvalue weighted by atomic mass is 10.2. The van der Waals surface area contributed by atoms with Gasteiger partial charge in [0.15, 0.2) is 0 Å². The van der Waals surface area contributed by atoms with Gasteiger partial charge in [-0.15, -0.1) is 0 Å². The molecule has 0 saturated carbocycles. The SMILES string of the molecule is [O]C(=O)c1cccc([N+](=O)[O-])c1. The Morgan fingerprint density at radius 2 is 2.08 bits per heavy atom. The van der Waals surface area contributed by atoms with Gasteiger partial charge in [0.25, 0.3) is 5.69 Å². The van der Waals surface area contributed by atoms with E-state index in [9.17, 15) is 20.0 Å². The normalized spacial score (nSPS) is 9.33. The minimum Gasteiger partial charge on any atom is -0.258 e. The Bertz CT molecular complexity index is 305. The first-order valence-corrected chi connectivity index (χ1v) is 3.07. The smallest absolute Gasteiger partial charge is 0.258 e. The van der Waals surface area contributed by atoms with E-state index in [0.717, 1.165) is 6.07 Å². The summed E-state index contributed by atoms with van der Waals surface area (Å²) < 4.78 is 0. The van der Waals surface area contributed by atoms with E-state index in [4.69, 9.17) is 0 Å². The zero-order valence-corrected chi connectivity index (χ0v) is 5.89. The topological polar surface area (TPSA) is 80.1 Å². The molecule has 61 valence electrons. The zero-order valence-electron chi connectivity index (χ0n) is 5.89. The highest BCUT2D eigenvalue weighted by molar-refractivity contribution is 5.87. The molecule has 1 aromatic rings. The molecule has 1 radical (unpaired) electrons. The molecule has 0 heterocycles. The molecule has 0 atom stereocenters. The second-order valence-electron chi connectivity index (χ2n) is 2.09. The van der Waals surface area contributed by atoms with Crippen molar-refractivity contribution in [3.63, 3.8) is 0 Å². The number of carbonyl (C=O) groups excluding carboxylic acids is 1. The van der Waals surface area contributed by atoms with Crippen LogP contribution >= 0.6 is 0 Å². The molecule has 0 aliphatic heterocycles. The van der Waals surface area contributed by atoms with Crippen LogP contribution in [0.3, 0.4) is 0 Å². The minimum absolute atomic E-state index is 0.191. The standard InChI is InChI=1S/C7H4NO4/c9-7(10)5-2-1-3-6(4-5)8(11)12/h1-4H. The van der Waals surface area contributed by atoms with Gasteiger partial charge in [0, 0.05) is 12.1 Å². The lowest BCUT2D eigenvalue weighted by molar-refractivity contribution is -0.384. The van der Waals surface area contributed by atoms with Gasteiger partial charge in [-0.3, -0.25) is 10.1 Å². The fourth-order valence-corrected chi connectivity index (χ4v) is 0.746. The number of benzene rings is 1. The van der Waals surface area contributed by atoms with Gasteiger partial charge in [0.2, 0.25) is 0 Å². The van der Waals surface area contributed by atoms with Gasteiger partial charge in [0.1, 0.15) is 0 Å². The highest BCUT2D eigenvalue weighted by Crippen LogP contribution is 2.12. The summed E-state index contributed by atoms with van der Waals surface area (Å²) in [5, 5.41) is 20.4. The molecule has 0 amide bonds. The van der Waals surface area contributed by atoms with Crippen molar-refractivity contribution in [1.82, 2.24) is 0 Å². The molecule has 0 unspecified atom stereocenters. The van der Waals surface area contributed by atoms with E-state index in [1.807, 2.05) is 0 Å². The number of nitro groups is 1. The summed E-state index contributed by atoms with van der Waals surface area (Å²) in [6.07, 6.45) is 0. The molecule has 0 spiro atoms. The molecular weight excluding hydrogens is 162 g/mol. The Hall–Kier alpha value is -1.91. The molecule has 12 heavy (non-hydrogen) atoms. The van der Waals surface area contributed by atoms with Crippen molar-refractivity contribution in [3.8, 4) is 0 Å². The molecule has 0 aliphatic carbocycles. The predicted molar refractivity (Wildman–Crippen MR) is 38.1 cm³/mol. The van der Waals surface area contributed by atoms with E-state index in [1.165, 1.54) is 18.2 Å². The maximum Gasteiger partial charge on any atom is 0.386 e. The van der Waals surface area contributed by atoms with Gasteiger partial charge in [-0.2, -0.15) is 0 Å². The molecule has 1 rings (SSSR count). The van der Waals surface area contributed by atoms with Crippen molar-refractivity contribution < 1.29 is 14.8 Å². The first-order valence-electron chi connectivity index (χ1n) is 3.07. The summed E-state index contributed by atoms with van der Waals surface area (Å²) in [6.45, 7) is 0. The van der Waals surface area contributed by atoms with E-state index in [1.54, 1.807) is 0 Å².